The molecule has 0 saturated heterocycles. The highest BCUT2D eigenvalue weighted by Gasteiger charge is 2.15. The van der Waals surface area contributed by atoms with Crippen LogP contribution in [0.25, 0.3) is 0 Å². The molecular weight excluding hydrogens is 274 g/mol. The number of carbonyl (C=O) groups is 2. The molecule has 0 unspecified atom stereocenters. The van der Waals surface area contributed by atoms with Crippen molar-refractivity contribution in [1.82, 2.24) is 9.97 Å². The van der Waals surface area contributed by atoms with Gasteiger partial charge in [-0.1, -0.05) is 0 Å². The molecule has 2 aromatic heterocycles. The summed E-state index contributed by atoms with van der Waals surface area (Å²) < 4.78 is 4.95. The lowest BCUT2D eigenvalue weighted by Crippen LogP contribution is -2.26. The number of amides is 1. The van der Waals surface area contributed by atoms with Crippen molar-refractivity contribution in [2.45, 2.75) is 0 Å². The van der Waals surface area contributed by atoms with Crippen molar-refractivity contribution in [1.29, 1.82) is 0 Å². The van der Waals surface area contributed by atoms with Gasteiger partial charge in [0.1, 0.15) is 5.69 Å². The molecule has 0 bridgehead atoms. The van der Waals surface area contributed by atoms with Crippen molar-refractivity contribution in [3.63, 3.8) is 0 Å². The molecule has 21 heavy (non-hydrogen) atoms. The highest BCUT2D eigenvalue weighted by molar-refractivity contribution is 6.05. The minimum Gasteiger partial charge on any atom is -0.481 e. The standard InChI is InChI=1S/C14H13N3O4/c1-17(10-4-6-12(21-2)16-8-10)13(18)9-3-5-11(14(19)20)15-7-9/h3-8H,1-2H3,(H,19,20). The Morgan fingerprint density at radius 2 is 1.90 bits per heavy atom. The summed E-state index contributed by atoms with van der Waals surface area (Å²) in [6.07, 6.45) is 2.75. The molecule has 0 atom stereocenters. The SMILES string of the molecule is COc1ccc(N(C)C(=O)c2ccc(C(=O)O)nc2)cn1. The fourth-order valence-corrected chi connectivity index (χ4v) is 1.65. The number of aromatic carboxylic acids is 1. The van der Waals surface area contributed by atoms with E-state index in [2.05, 4.69) is 9.97 Å². The fraction of sp³-hybridized carbons (Fsp3) is 0.143. The summed E-state index contributed by atoms with van der Waals surface area (Å²) in [5.74, 6) is -1.000. The number of carbonyl (C=O) groups excluding carboxylic acids is 1. The van der Waals surface area contributed by atoms with Gasteiger partial charge in [0.25, 0.3) is 5.91 Å². The van der Waals surface area contributed by atoms with Crippen LogP contribution in [0.2, 0.25) is 0 Å². The zero-order chi connectivity index (χ0) is 15.4. The van der Waals surface area contributed by atoms with E-state index in [-0.39, 0.29) is 11.6 Å². The molecule has 1 N–H and O–H groups in total. The first kappa shape index (κ1) is 14.4. The second-order valence-corrected chi connectivity index (χ2v) is 4.16. The molecule has 2 rings (SSSR count). The van der Waals surface area contributed by atoms with Crippen LogP contribution in [0.3, 0.4) is 0 Å². The average molecular weight is 287 g/mol. The largest absolute Gasteiger partial charge is 0.481 e. The molecular formula is C14H13N3O4. The van der Waals surface area contributed by atoms with E-state index in [1.165, 1.54) is 36.5 Å². The smallest absolute Gasteiger partial charge is 0.354 e. The lowest BCUT2D eigenvalue weighted by molar-refractivity contribution is 0.0690. The average Bonchev–Trinajstić information content (AvgIpc) is 2.53. The van der Waals surface area contributed by atoms with Gasteiger partial charge < -0.3 is 14.7 Å². The molecule has 1 amide bonds. The van der Waals surface area contributed by atoms with E-state index in [0.29, 0.717) is 17.1 Å². The number of methoxy groups -OCH3 is 1. The number of nitrogens with zero attached hydrogens (tertiary/aromatic N) is 3. The van der Waals surface area contributed by atoms with E-state index in [1.54, 1.807) is 19.2 Å². The third kappa shape index (κ3) is 3.14. The van der Waals surface area contributed by atoms with Crippen LogP contribution < -0.4 is 9.64 Å². The number of carboxylic acids is 1. The summed E-state index contributed by atoms with van der Waals surface area (Å²) in [6, 6.07) is 6.05. The lowest BCUT2D eigenvalue weighted by Gasteiger charge is -2.17. The van der Waals surface area contributed by atoms with Crippen LogP contribution in [0.4, 0.5) is 5.69 Å². The zero-order valence-electron chi connectivity index (χ0n) is 11.5. The van der Waals surface area contributed by atoms with Gasteiger partial charge >= 0.3 is 5.97 Å². The Hall–Kier alpha value is -2.96. The minimum absolute atomic E-state index is 0.111. The molecule has 0 aliphatic carbocycles. The van der Waals surface area contributed by atoms with E-state index in [9.17, 15) is 9.59 Å². The van der Waals surface area contributed by atoms with Gasteiger partial charge in [-0.3, -0.25) is 4.79 Å². The summed E-state index contributed by atoms with van der Waals surface area (Å²) in [5.41, 5.74) is 0.766. The van der Waals surface area contributed by atoms with Crippen LogP contribution in [0.5, 0.6) is 5.88 Å². The Bertz CT molecular complexity index is 653. The van der Waals surface area contributed by atoms with E-state index < -0.39 is 5.97 Å². The van der Waals surface area contributed by atoms with Gasteiger partial charge in [-0.15, -0.1) is 0 Å². The second-order valence-electron chi connectivity index (χ2n) is 4.16. The van der Waals surface area contributed by atoms with E-state index in [1.807, 2.05) is 0 Å². The fourth-order valence-electron chi connectivity index (χ4n) is 1.65. The van der Waals surface area contributed by atoms with Gasteiger partial charge in [0.2, 0.25) is 5.88 Å². The maximum atomic E-state index is 12.3. The number of ether oxygens (including phenoxy) is 1. The number of pyridine rings is 2. The van der Waals surface area contributed by atoms with Crippen LogP contribution in [0.1, 0.15) is 20.8 Å². The lowest BCUT2D eigenvalue weighted by atomic mass is 10.2. The van der Waals surface area contributed by atoms with Crippen molar-refractivity contribution in [2.75, 3.05) is 19.1 Å². The highest BCUT2D eigenvalue weighted by atomic mass is 16.5. The summed E-state index contributed by atoms with van der Waals surface area (Å²) in [6.45, 7) is 0. The van der Waals surface area contributed by atoms with Gasteiger partial charge in [-0.25, -0.2) is 14.8 Å². The third-order valence-corrected chi connectivity index (χ3v) is 2.85. The first-order valence-corrected chi connectivity index (χ1v) is 6.00. The number of hydrogen-bond donors (Lipinski definition) is 1. The number of rotatable bonds is 4. The molecule has 0 spiro atoms. The topological polar surface area (TPSA) is 92.6 Å². The van der Waals surface area contributed by atoms with Gasteiger partial charge in [0.15, 0.2) is 0 Å². The van der Waals surface area contributed by atoms with E-state index in [4.69, 9.17) is 9.84 Å². The third-order valence-electron chi connectivity index (χ3n) is 2.85. The number of hydrogen-bond acceptors (Lipinski definition) is 5. The predicted molar refractivity (Wildman–Crippen MR) is 74.7 cm³/mol. The number of carboxylic acid groups (broad SMARTS) is 1. The van der Waals surface area contributed by atoms with Crippen LogP contribution in [-0.2, 0) is 0 Å². The quantitative estimate of drug-likeness (QED) is 0.915. The van der Waals surface area contributed by atoms with Crippen molar-refractivity contribution >= 4 is 17.6 Å². The Balaban J connectivity index is 2.19. The number of anilines is 1. The molecule has 0 aliphatic heterocycles. The van der Waals surface area contributed by atoms with Gasteiger partial charge in [-0.2, -0.15) is 0 Å². The number of aromatic nitrogens is 2. The maximum absolute atomic E-state index is 12.3. The van der Waals surface area contributed by atoms with Gasteiger partial charge in [0.05, 0.1) is 24.6 Å². The monoisotopic (exact) mass is 287 g/mol. The van der Waals surface area contributed by atoms with Crippen LogP contribution in [0.15, 0.2) is 36.7 Å². The molecule has 0 radical (unpaired) electrons. The van der Waals surface area contributed by atoms with E-state index >= 15 is 0 Å². The molecule has 7 heteroatoms. The van der Waals surface area contributed by atoms with E-state index in [0.717, 1.165) is 0 Å². The Morgan fingerprint density at radius 3 is 2.38 bits per heavy atom. The first-order valence-electron chi connectivity index (χ1n) is 6.00. The molecule has 0 aliphatic rings. The molecule has 7 nitrogen and oxygen atoms in total. The molecule has 0 aromatic carbocycles. The van der Waals surface area contributed by atoms with Crippen molar-refractivity contribution in [3.05, 3.63) is 47.9 Å². The molecule has 2 aromatic rings. The van der Waals surface area contributed by atoms with Gasteiger partial charge in [0, 0.05) is 19.3 Å². The van der Waals surface area contributed by atoms with Crippen LogP contribution in [-0.4, -0.2) is 41.1 Å². The van der Waals surface area contributed by atoms with Crippen molar-refractivity contribution < 1.29 is 19.4 Å². The zero-order valence-corrected chi connectivity index (χ0v) is 11.5. The highest BCUT2D eigenvalue weighted by Crippen LogP contribution is 2.17. The van der Waals surface area contributed by atoms with Crippen LogP contribution in [0, 0.1) is 0 Å². The van der Waals surface area contributed by atoms with Gasteiger partial charge in [-0.05, 0) is 18.2 Å². The predicted octanol–water partition coefficient (Wildman–Crippen LogP) is 1.46. The summed E-state index contributed by atoms with van der Waals surface area (Å²) in [4.78, 5) is 32.1. The Labute approximate surface area is 120 Å². The molecule has 0 saturated carbocycles. The molecule has 108 valence electrons. The Kier molecular flexibility index (Phi) is 4.13. The normalized spacial score (nSPS) is 10.0. The maximum Gasteiger partial charge on any atom is 0.354 e. The summed E-state index contributed by atoms with van der Waals surface area (Å²) in [5, 5.41) is 8.77. The van der Waals surface area contributed by atoms with Crippen molar-refractivity contribution in [3.8, 4) is 5.88 Å². The summed E-state index contributed by atoms with van der Waals surface area (Å²) >= 11 is 0. The minimum atomic E-state index is -1.14. The summed E-state index contributed by atoms with van der Waals surface area (Å²) in [7, 11) is 3.10. The second kappa shape index (κ2) is 6.00. The van der Waals surface area contributed by atoms with Crippen LogP contribution >= 0.6 is 0 Å². The Morgan fingerprint density at radius 1 is 1.14 bits per heavy atom. The first-order chi connectivity index (χ1) is 10.0. The van der Waals surface area contributed by atoms with Crippen molar-refractivity contribution in [2.24, 2.45) is 0 Å². The molecule has 0 fully saturated rings. The molecule has 2 heterocycles.